The zero-order valence-electron chi connectivity index (χ0n) is 9.37. The van der Waals surface area contributed by atoms with Crippen molar-refractivity contribution in [3.05, 3.63) is 11.4 Å². The van der Waals surface area contributed by atoms with E-state index in [1.807, 2.05) is 0 Å². The summed E-state index contributed by atoms with van der Waals surface area (Å²) in [5, 5.41) is 9.98. The first kappa shape index (κ1) is 11.6. The molecule has 1 aromatic rings. The van der Waals surface area contributed by atoms with E-state index in [9.17, 15) is 8.42 Å². The molecule has 1 fully saturated rings. The van der Waals surface area contributed by atoms with Gasteiger partial charge in [-0.15, -0.1) is 0 Å². The van der Waals surface area contributed by atoms with E-state index in [2.05, 4.69) is 20.2 Å². The highest BCUT2D eigenvalue weighted by Crippen LogP contribution is 2.21. The molecule has 0 atom stereocenters. The van der Waals surface area contributed by atoms with Crippen molar-refractivity contribution < 1.29 is 8.42 Å². The molecule has 6 nitrogen and oxygen atoms in total. The molecule has 0 amide bonds. The van der Waals surface area contributed by atoms with Crippen molar-refractivity contribution in [1.82, 2.24) is 20.2 Å². The minimum absolute atomic E-state index is 0.267. The molecule has 1 aliphatic rings. The first-order valence-electron chi connectivity index (χ1n) is 5.25. The Bertz CT molecular complexity index is 476. The van der Waals surface area contributed by atoms with Gasteiger partial charge in [-0.3, -0.25) is 5.10 Å². The second kappa shape index (κ2) is 4.15. The van der Waals surface area contributed by atoms with Crippen LogP contribution in [0.2, 0.25) is 0 Å². The van der Waals surface area contributed by atoms with Gasteiger partial charge in [0.2, 0.25) is 10.0 Å². The number of rotatable bonds is 5. The summed E-state index contributed by atoms with van der Waals surface area (Å²) in [4.78, 5) is 0.267. The maximum atomic E-state index is 11.8. The number of nitrogens with zero attached hydrogens (tertiary/aromatic N) is 1. The van der Waals surface area contributed by atoms with Gasteiger partial charge in [-0.25, -0.2) is 13.1 Å². The van der Waals surface area contributed by atoms with Crippen molar-refractivity contribution in [2.45, 2.75) is 37.2 Å². The monoisotopic (exact) mass is 244 g/mol. The predicted molar refractivity (Wildman–Crippen MR) is 59.4 cm³/mol. The summed E-state index contributed by atoms with van der Waals surface area (Å²) < 4.78 is 25.8. The van der Waals surface area contributed by atoms with E-state index >= 15 is 0 Å². The molecule has 2 rings (SSSR count). The highest BCUT2D eigenvalue weighted by molar-refractivity contribution is 7.89. The van der Waals surface area contributed by atoms with Gasteiger partial charge in [-0.1, -0.05) is 0 Å². The number of aromatic amines is 1. The van der Waals surface area contributed by atoms with E-state index in [1.165, 1.54) is 7.05 Å². The third-order valence-corrected chi connectivity index (χ3v) is 4.25. The molecule has 90 valence electrons. The van der Waals surface area contributed by atoms with E-state index in [-0.39, 0.29) is 4.90 Å². The van der Waals surface area contributed by atoms with Crippen LogP contribution < -0.4 is 10.0 Å². The van der Waals surface area contributed by atoms with Crippen molar-refractivity contribution in [2.75, 3.05) is 7.05 Å². The molecule has 0 aromatic carbocycles. The number of hydrogen-bond acceptors (Lipinski definition) is 4. The van der Waals surface area contributed by atoms with Crippen LogP contribution >= 0.6 is 0 Å². The Kier molecular flexibility index (Phi) is 3.00. The van der Waals surface area contributed by atoms with Crippen molar-refractivity contribution >= 4 is 10.0 Å². The van der Waals surface area contributed by atoms with Gasteiger partial charge in [0.25, 0.3) is 0 Å². The summed E-state index contributed by atoms with van der Waals surface area (Å²) in [6.07, 6.45) is 2.33. The number of aromatic nitrogens is 2. The summed E-state index contributed by atoms with van der Waals surface area (Å²) in [6.45, 7) is 2.20. The first-order chi connectivity index (χ1) is 7.54. The molecule has 0 radical (unpaired) electrons. The van der Waals surface area contributed by atoms with Crippen LogP contribution in [0.3, 0.4) is 0 Å². The standard InChI is InChI=1S/C9H16N4O2S/c1-6-9(16(14,15)10-2)8(13-12-6)5-11-7-3-4-7/h7,10-11H,3-5H2,1-2H3,(H,12,13). The molecule has 1 aliphatic carbocycles. The van der Waals surface area contributed by atoms with Gasteiger partial charge in [0.1, 0.15) is 4.90 Å². The van der Waals surface area contributed by atoms with Crippen LogP contribution in [0, 0.1) is 6.92 Å². The third kappa shape index (κ3) is 2.26. The molecule has 7 heteroatoms. The Morgan fingerprint density at radius 1 is 1.50 bits per heavy atom. The molecule has 1 saturated carbocycles. The van der Waals surface area contributed by atoms with Crippen LogP contribution in [-0.2, 0) is 16.6 Å². The Morgan fingerprint density at radius 3 is 2.75 bits per heavy atom. The van der Waals surface area contributed by atoms with E-state index in [0.29, 0.717) is 24.0 Å². The van der Waals surface area contributed by atoms with E-state index < -0.39 is 10.0 Å². The van der Waals surface area contributed by atoms with Gasteiger partial charge in [0, 0.05) is 12.6 Å². The molecule has 1 heterocycles. The zero-order chi connectivity index (χ0) is 11.8. The third-order valence-electron chi connectivity index (χ3n) is 2.63. The molecule has 16 heavy (non-hydrogen) atoms. The molecule has 1 aromatic heterocycles. The number of aryl methyl sites for hydroxylation is 1. The smallest absolute Gasteiger partial charge is 0.244 e. The average Bonchev–Trinajstić information content (AvgIpc) is 2.99. The normalized spacial score (nSPS) is 16.6. The number of hydrogen-bond donors (Lipinski definition) is 3. The van der Waals surface area contributed by atoms with Crippen molar-refractivity contribution in [2.24, 2.45) is 0 Å². The Balaban J connectivity index is 2.24. The van der Waals surface area contributed by atoms with Crippen molar-refractivity contribution in [3.8, 4) is 0 Å². The lowest BCUT2D eigenvalue weighted by atomic mass is 10.3. The lowest BCUT2D eigenvalue weighted by molar-refractivity contribution is 0.584. The lowest BCUT2D eigenvalue weighted by Gasteiger charge is -2.05. The van der Waals surface area contributed by atoms with Crippen LogP contribution in [0.4, 0.5) is 0 Å². The fraction of sp³-hybridized carbons (Fsp3) is 0.667. The lowest BCUT2D eigenvalue weighted by Crippen LogP contribution is -2.23. The van der Waals surface area contributed by atoms with Crippen LogP contribution in [0.5, 0.6) is 0 Å². The van der Waals surface area contributed by atoms with Crippen LogP contribution in [0.15, 0.2) is 4.90 Å². The maximum absolute atomic E-state index is 11.8. The van der Waals surface area contributed by atoms with E-state index in [4.69, 9.17) is 0 Å². The molecule has 0 unspecified atom stereocenters. The zero-order valence-corrected chi connectivity index (χ0v) is 10.2. The van der Waals surface area contributed by atoms with Crippen molar-refractivity contribution in [3.63, 3.8) is 0 Å². The number of nitrogens with one attached hydrogen (secondary N) is 3. The predicted octanol–water partition coefficient (Wildman–Crippen LogP) is -0.122. The van der Waals surface area contributed by atoms with Crippen LogP contribution in [0.1, 0.15) is 24.2 Å². The van der Waals surface area contributed by atoms with Crippen LogP contribution in [-0.4, -0.2) is 31.7 Å². The summed E-state index contributed by atoms with van der Waals surface area (Å²) >= 11 is 0. The highest BCUT2D eigenvalue weighted by atomic mass is 32.2. The molecule has 0 aliphatic heterocycles. The number of H-pyrrole nitrogens is 1. The molecule has 0 saturated heterocycles. The second-order valence-electron chi connectivity index (χ2n) is 3.99. The summed E-state index contributed by atoms with van der Waals surface area (Å²) in [7, 11) is -2.02. The van der Waals surface area contributed by atoms with Gasteiger partial charge < -0.3 is 5.32 Å². The average molecular weight is 244 g/mol. The SMILES string of the molecule is CNS(=O)(=O)c1c(CNC2CC2)n[nH]c1C. The Hall–Kier alpha value is -0.920. The molecular formula is C9H16N4O2S. The minimum atomic E-state index is -3.43. The van der Waals surface area contributed by atoms with E-state index in [1.54, 1.807) is 6.92 Å². The first-order valence-corrected chi connectivity index (χ1v) is 6.73. The molecular weight excluding hydrogens is 228 g/mol. The van der Waals surface area contributed by atoms with Crippen molar-refractivity contribution in [1.29, 1.82) is 0 Å². The quantitative estimate of drug-likeness (QED) is 0.674. The Labute approximate surface area is 94.9 Å². The maximum Gasteiger partial charge on any atom is 0.244 e. The largest absolute Gasteiger partial charge is 0.308 e. The highest BCUT2D eigenvalue weighted by Gasteiger charge is 2.25. The van der Waals surface area contributed by atoms with Gasteiger partial charge >= 0.3 is 0 Å². The fourth-order valence-corrected chi connectivity index (χ4v) is 2.66. The Morgan fingerprint density at radius 2 is 2.19 bits per heavy atom. The second-order valence-corrected chi connectivity index (χ2v) is 5.81. The van der Waals surface area contributed by atoms with Gasteiger partial charge in [0.05, 0.1) is 11.4 Å². The van der Waals surface area contributed by atoms with Gasteiger partial charge in [-0.2, -0.15) is 5.10 Å². The van der Waals surface area contributed by atoms with E-state index in [0.717, 1.165) is 12.8 Å². The van der Waals surface area contributed by atoms with Gasteiger partial charge in [-0.05, 0) is 26.8 Å². The topological polar surface area (TPSA) is 86.9 Å². The fourth-order valence-electron chi connectivity index (χ4n) is 1.58. The molecule has 0 spiro atoms. The summed E-state index contributed by atoms with van der Waals surface area (Å²) in [5.74, 6) is 0. The summed E-state index contributed by atoms with van der Waals surface area (Å²) in [5.41, 5.74) is 1.13. The van der Waals surface area contributed by atoms with Crippen LogP contribution in [0.25, 0.3) is 0 Å². The number of sulfonamides is 1. The van der Waals surface area contributed by atoms with Gasteiger partial charge in [0.15, 0.2) is 0 Å². The summed E-state index contributed by atoms with van der Waals surface area (Å²) in [6, 6.07) is 0.530. The molecule has 3 N–H and O–H groups in total. The minimum Gasteiger partial charge on any atom is -0.308 e. The molecule has 0 bridgehead atoms.